The van der Waals surface area contributed by atoms with Crippen LogP contribution in [0.5, 0.6) is 0 Å². The molecule has 0 aliphatic heterocycles. The predicted octanol–water partition coefficient (Wildman–Crippen LogP) is 5.11. The van der Waals surface area contributed by atoms with Gasteiger partial charge in [-0.15, -0.1) is 0 Å². The Morgan fingerprint density at radius 1 is 1.07 bits per heavy atom. The number of hydrogen-bond donors (Lipinski definition) is 0. The third-order valence-electron chi connectivity index (χ3n) is 4.15. The normalized spacial score (nSPS) is 12.1. The lowest BCUT2D eigenvalue weighted by molar-refractivity contribution is 0.0737. The average Bonchev–Trinajstić information content (AvgIpc) is 3.22. The maximum Gasteiger partial charge on any atom is 0.274 e. The molecule has 1 atom stereocenters. The van der Waals surface area contributed by atoms with E-state index in [1.807, 2.05) is 31.2 Å². The van der Waals surface area contributed by atoms with Gasteiger partial charge in [0.05, 0.1) is 26.8 Å². The van der Waals surface area contributed by atoms with Gasteiger partial charge in [0.25, 0.3) is 5.91 Å². The van der Waals surface area contributed by atoms with Gasteiger partial charge in [-0.2, -0.15) is 5.10 Å². The third-order valence-corrected chi connectivity index (χ3v) is 5.82. The van der Waals surface area contributed by atoms with E-state index in [0.29, 0.717) is 0 Å². The van der Waals surface area contributed by atoms with Gasteiger partial charge in [-0.25, -0.2) is 14.6 Å². The maximum absolute atomic E-state index is 12.8. The van der Waals surface area contributed by atoms with Gasteiger partial charge < -0.3 is 4.90 Å². The maximum atomic E-state index is 12.8. The van der Waals surface area contributed by atoms with Gasteiger partial charge in [0.2, 0.25) is 0 Å². The second-order valence-electron chi connectivity index (χ2n) is 5.72. The number of carbonyl (C=O) groups excluding carboxylic acids is 1. The van der Waals surface area contributed by atoms with Crippen molar-refractivity contribution in [3.8, 4) is 5.69 Å². The summed E-state index contributed by atoms with van der Waals surface area (Å²) in [7, 11) is 1.65. The summed E-state index contributed by atoms with van der Waals surface area (Å²) in [5.41, 5.74) is 1.72. The topological polar surface area (TPSA) is 63.9 Å². The Hall–Kier alpha value is -1.86. The third kappa shape index (κ3) is 3.89. The molecule has 0 spiro atoms. The van der Waals surface area contributed by atoms with Crippen LogP contribution in [-0.2, 0) is 0 Å². The number of rotatable bonds is 4. The molecule has 0 saturated carbocycles. The quantitative estimate of drug-likeness (QED) is 0.524. The van der Waals surface area contributed by atoms with Crippen molar-refractivity contribution in [2.75, 3.05) is 7.05 Å². The number of amides is 1. The first kappa shape index (κ1) is 19.9. The van der Waals surface area contributed by atoms with Gasteiger partial charge in [0, 0.05) is 7.05 Å². The molecule has 27 heavy (non-hydrogen) atoms. The van der Waals surface area contributed by atoms with Crippen molar-refractivity contribution in [1.29, 1.82) is 0 Å². The van der Waals surface area contributed by atoms with E-state index in [1.54, 1.807) is 18.1 Å². The van der Waals surface area contributed by atoms with E-state index in [9.17, 15) is 4.79 Å². The first-order chi connectivity index (χ1) is 12.8. The van der Waals surface area contributed by atoms with Crippen molar-refractivity contribution in [2.45, 2.75) is 13.0 Å². The summed E-state index contributed by atoms with van der Waals surface area (Å²) in [6.07, 6.45) is 3.07. The predicted molar refractivity (Wildman–Crippen MR) is 106 cm³/mol. The molecule has 0 N–H and O–H groups in total. The summed E-state index contributed by atoms with van der Waals surface area (Å²) in [6, 6.07) is 7.33. The number of pyridine rings is 1. The fraction of sp³-hybridized carbons (Fsp3) is 0.176. The van der Waals surface area contributed by atoms with Gasteiger partial charge in [0.1, 0.15) is 23.5 Å². The molecule has 0 fully saturated rings. The zero-order valence-corrected chi connectivity index (χ0v) is 17.2. The van der Waals surface area contributed by atoms with Gasteiger partial charge in [-0.3, -0.25) is 4.79 Å². The van der Waals surface area contributed by atoms with E-state index in [-0.39, 0.29) is 32.0 Å². The van der Waals surface area contributed by atoms with Crippen LogP contribution in [0.4, 0.5) is 0 Å². The number of hydrogen-bond acceptors (Lipinski definition) is 4. The van der Waals surface area contributed by atoms with E-state index in [1.165, 1.54) is 11.2 Å². The fourth-order valence-electron chi connectivity index (χ4n) is 2.44. The molecule has 3 aromatic rings. The van der Waals surface area contributed by atoms with Crippen LogP contribution < -0.4 is 0 Å². The molecule has 6 nitrogen and oxygen atoms in total. The smallest absolute Gasteiger partial charge is 0.274 e. The van der Waals surface area contributed by atoms with Crippen molar-refractivity contribution >= 4 is 52.3 Å². The lowest BCUT2D eigenvalue weighted by Crippen LogP contribution is -2.30. The van der Waals surface area contributed by atoms with Gasteiger partial charge >= 0.3 is 0 Å². The van der Waals surface area contributed by atoms with Crippen LogP contribution in [0.15, 0.2) is 36.9 Å². The summed E-state index contributed by atoms with van der Waals surface area (Å²) in [5.74, 6) is -0.423. The highest BCUT2D eigenvalue weighted by atomic mass is 35.5. The van der Waals surface area contributed by atoms with Gasteiger partial charge in [-0.05, 0) is 24.6 Å². The van der Waals surface area contributed by atoms with Crippen LogP contribution >= 0.6 is 46.4 Å². The first-order valence-corrected chi connectivity index (χ1v) is 9.24. The van der Waals surface area contributed by atoms with Gasteiger partial charge in [0.15, 0.2) is 0 Å². The summed E-state index contributed by atoms with van der Waals surface area (Å²) in [4.78, 5) is 22.2. The molecule has 0 aliphatic carbocycles. The number of halogens is 4. The lowest BCUT2D eigenvalue weighted by atomic mass is 10.1. The van der Waals surface area contributed by atoms with Crippen molar-refractivity contribution in [3.05, 3.63) is 68.4 Å². The zero-order valence-electron chi connectivity index (χ0n) is 14.2. The zero-order chi connectivity index (χ0) is 19.7. The molecule has 1 unspecified atom stereocenters. The number of carbonyl (C=O) groups is 1. The Balaban J connectivity index is 1.85. The molecule has 2 heterocycles. The molecule has 0 bridgehead atoms. The Bertz CT molecular complexity index is 976. The van der Waals surface area contributed by atoms with Crippen molar-refractivity contribution in [3.63, 3.8) is 0 Å². The average molecular weight is 445 g/mol. The van der Waals surface area contributed by atoms with Crippen LogP contribution in [0.1, 0.15) is 29.0 Å². The van der Waals surface area contributed by atoms with Crippen LogP contribution in [0.25, 0.3) is 5.69 Å². The minimum Gasteiger partial charge on any atom is -0.334 e. The monoisotopic (exact) mass is 443 g/mol. The molecular weight excluding hydrogens is 432 g/mol. The highest BCUT2D eigenvalue weighted by Gasteiger charge is 2.26. The Morgan fingerprint density at radius 3 is 2.33 bits per heavy atom. The molecule has 10 heteroatoms. The number of benzene rings is 1. The highest BCUT2D eigenvalue weighted by molar-refractivity contribution is 6.52. The van der Waals surface area contributed by atoms with Crippen molar-refractivity contribution in [1.82, 2.24) is 24.6 Å². The van der Waals surface area contributed by atoms with E-state index in [2.05, 4.69) is 15.1 Å². The van der Waals surface area contributed by atoms with Crippen LogP contribution in [0.2, 0.25) is 20.2 Å². The molecule has 1 amide bonds. The van der Waals surface area contributed by atoms with Gasteiger partial charge in [-0.1, -0.05) is 58.5 Å². The molecule has 2 aromatic heterocycles. The highest BCUT2D eigenvalue weighted by Crippen LogP contribution is 2.37. The summed E-state index contributed by atoms with van der Waals surface area (Å²) in [5, 5.41) is 3.99. The van der Waals surface area contributed by atoms with E-state index < -0.39 is 5.91 Å². The lowest BCUT2D eigenvalue weighted by Gasteiger charge is -2.25. The Kier molecular flexibility index (Phi) is 5.91. The minimum absolute atomic E-state index is 0.0000728. The molecule has 0 saturated heterocycles. The summed E-state index contributed by atoms with van der Waals surface area (Å²) in [6.45, 7) is 1.88. The first-order valence-electron chi connectivity index (χ1n) is 7.73. The van der Waals surface area contributed by atoms with Crippen LogP contribution in [0.3, 0.4) is 0 Å². The molecule has 0 aliphatic rings. The fourth-order valence-corrected chi connectivity index (χ4v) is 3.25. The van der Waals surface area contributed by atoms with Crippen LogP contribution in [0, 0.1) is 0 Å². The largest absolute Gasteiger partial charge is 0.334 e. The molecule has 0 radical (unpaired) electrons. The summed E-state index contributed by atoms with van der Waals surface area (Å²) >= 11 is 24.0. The Morgan fingerprint density at radius 2 is 1.74 bits per heavy atom. The number of aromatic nitrogens is 4. The van der Waals surface area contributed by atoms with E-state index >= 15 is 0 Å². The summed E-state index contributed by atoms with van der Waals surface area (Å²) < 4.78 is 1.64. The SMILES string of the molecule is CC(c1ccc(-n2cncn2)cc1)N(C)C(=O)c1nc(Cl)c(Cl)c(Cl)c1Cl. The minimum atomic E-state index is -0.423. The van der Waals surface area contributed by atoms with Crippen molar-refractivity contribution in [2.24, 2.45) is 0 Å². The van der Waals surface area contributed by atoms with E-state index in [0.717, 1.165) is 11.3 Å². The number of nitrogens with zero attached hydrogens (tertiary/aromatic N) is 5. The van der Waals surface area contributed by atoms with Crippen molar-refractivity contribution < 1.29 is 4.79 Å². The standard InChI is InChI=1S/C17H13Cl4N5O/c1-9(10-3-5-11(6-4-10)26-8-22-7-23-26)25(2)17(27)15-13(19)12(18)14(20)16(21)24-15/h3-9H,1-2H3. The molecular formula is C17H13Cl4N5O. The Labute approximate surface area is 175 Å². The molecule has 1 aromatic carbocycles. The second-order valence-corrected chi connectivity index (χ2v) is 7.21. The van der Waals surface area contributed by atoms with Crippen LogP contribution in [-0.4, -0.2) is 37.6 Å². The van der Waals surface area contributed by atoms with E-state index in [4.69, 9.17) is 46.4 Å². The molecule has 140 valence electrons. The molecule has 3 rings (SSSR count). The second kappa shape index (κ2) is 8.02.